The summed E-state index contributed by atoms with van der Waals surface area (Å²) in [6.45, 7) is 1.90. The number of anilines is 1. The Bertz CT molecular complexity index is 1150. The zero-order valence-corrected chi connectivity index (χ0v) is 17.4. The Morgan fingerprint density at radius 1 is 1.21 bits per heavy atom. The van der Waals surface area contributed by atoms with Crippen LogP contribution in [0.4, 0.5) is 5.69 Å². The van der Waals surface area contributed by atoms with E-state index in [9.17, 15) is 13.2 Å². The molecule has 0 unspecified atom stereocenters. The van der Waals surface area contributed by atoms with Crippen molar-refractivity contribution in [3.8, 4) is 10.9 Å². The number of sulfonamides is 1. The van der Waals surface area contributed by atoms with Crippen LogP contribution in [-0.2, 0) is 14.8 Å². The molecule has 1 aromatic heterocycles. The zero-order chi connectivity index (χ0) is 20.6. The van der Waals surface area contributed by atoms with Gasteiger partial charge in [-0.05, 0) is 36.4 Å². The van der Waals surface area contributed by atoms with Gasteiger partial charge in [-0.3, -0.25) is 4.79 Å². The van der Waals surface area contributed by atoms with E-state index in [4.69, 9.17) is 9.47 Å². The van der Waals surface area contributed by atoms with Gasteiger partial charge in [0, 0.05) is 12.6 Å². The van der Waals surface area contributed by atoms with Gasteiger partial charge in [0.2, 0.25) is 15.9 Å². The Kier molecular flexibility index (Phi) is 5.15. The largest absolute Gasteiger partial charge is 0.494 e. The van der Waals surface area contributed by atoms with E-state index >= 15 is 0 Å². The number of aromatic nitrogens is 1. The van der Waals surface area contributed by atoms with Crippen molar-refractivity contribution >= 4 is 43.2 Å². The lowest BCUT2D eigenvalue weighted by molar-refractivity contribution is -0.114. The van der Waals surface area contributed by atoms with Crippen molar-refractivity contribution in [3.63, 3.8) is 0 Å². The number of hydrogen-bond acceptors (Lipinski definition) is 7. The van der Waals surface area contributed by atoms with Crippen molar-refractivity contribution in [2.24, 2.45) is 0 Å². The first-order chi connectivity index (χ1) is 13.9. The fourth-order valence-electron chi connectivity index (χ4n) is 2.99. The molecule has 152 valence electrons. The van der Waals surface area contributed by atoms with E-state index in [1.807, 2.05) is 18.2 Å². The molecule has 0 aliphatic carbocycles. The molecule has 0 atom stereocenters. The van der Waals surface area contributed by atoms with Crippen LogP contribution in [0.5, 0.6) is 10.9 Å². The van der Waals surface area contributed by atoms with Crippen molar-refractivity contribution in [2.45, 2.75) is 17.9 Å². The van der Waals surface area contributed by atoms with Crippen molar-refractivity contribution < 1.29 is 22.7 Å². The number of benzene rings is 2. The van der Waals surface area contributed by atoms with Crippen molar-refractivity contribution in [3.05, 3.63) is 42.5 Å². The number of nitrogens with one attached hydrogen (secondary N) is 1. The van der Waals surface area contributed by atoms with Gasteiger partial charge in [0.1, 0.15) is 17.4 Å². The number of carbonyl (C=O) groups excluding carboxylic acids is 1. The van der Waals surface area contributed by atoms with Gasteiger partial charge < -0.3 is 14.8 Å². The number of amides is 1. The van der Waals surface area contributed by atoms with Crippen molar-refractivity contribution in [1.82, 2.24) is 9.29 Å². The molecule has 1 aliphatic rings. The Labute approximate surface area is 172 Å². The van der Waals surface area contributed by atoms with Crippen LogP contribution < -0.4 is 14.8 Å². The monoisotopic (exact) mass is 433 g/mol. The Hall–Kier alpha value is -2.69. The second-order valence-corrected chi connectivity index (χ2v) is 9.49. The molecule has 1 saturated heterocycles. The molecule has 0 spiro atoms. The van der Waals surface area contributed by atoms with Gasteiger partial charge >= 0.3 is 0 Å². The summed E-state index contributed by atoms with van der Waals surface area (Å²) in [5.74, 6) is 0.463. The van der Waals surface area contributed by atoms with Gasteiger partial charge in [0.05, 0.1) is 29.8 Å². The molecule has 1 aliphatic heterocycles. The molecule has 2 aromatic carbocycles. The highest BCUT2D eigenvalue weighted by atomic mass is 32.2. The molecule has 29 heavy (non-hydrogen) atoms. The molecule has 8 nitrogen and oxygen atoms in total. The molecule has 1 amide bonds. The highest BCUT2D eigenvalue weighted by Crippen LogP contribution is 2.35. The summed E-state index contributed by atoms with van der Waals surface area (Å²) in [6, 6.07) is 11.7. The molecule has 0 radical (unpaired) electrons. The number of para-hydroxylation sites is 1. The molecule has 4 rings (SSSR count). The quantitative estimate of drug-likeness (QED) is 0.642. The number of carbonyl (C=O) groups is 1. The summed E-state index contributed by atoms with van der Waals surface area (Å²) >= 11 is 1.40. The van der Waals surface area contributed by atoms with Crippen LogP contribution >= 0.6 is 11.3 Å². The molecule has 0 saturated carbocycles. The maximum atomic E-state index is 12.7. The maximum Gasteiger partial charge on any atom is 0.274 e. The summed E-state index contributed by atoms with van der Waals surface area (Å²) in [5, 5.41) is 3.10. The highest BCUT2D eigenvalue weighted by molar-refractivity contribution is 7.89. The van der Waals surface area contributed by atoms with E-state index in [2.05, 4.69) is 10.3 Å². The summed E-state index contributed by atoms with van der Waals surface area (Å²) in [5.41, 5.74) is 1.28. The number of nitrogens with zero attached hydrogens (tertiary/aromatic N) is 2. The summed E-state index contributed by atoms with van der Waals surface area (Å²) in [7, 11) is -2.02. The molecular formula is C19H19N3O5S2. The first kappa shape index (κ1) is 19.6. The molecule has 10 heteroatoms. The van der Waals surface area contributed by atoms with Gasteiger partial charge in [0.25, 0.3) is 5.19 Å². The van der Waals surface area contributed by atoms with E-state index in [0.717, 1.165) is 10.2 Å². The van der Waals surface area contributed by atoms with Crippen molar-refractivity contribution in [2.75, 3.05) is 25.5 Å². The first-order valence-electron chi connectivity index (χ1n) is 8.85. The summed E-state index contributed by atoms with van der Waals surface area (Å²) < 4.78 is 38.9. The fourth-order valence-corrected chi connectivity index (χ4v) is 5.40. The number of ether oxygens (including phenoxy) is 2. The van der Waals surface area contributed by atoms with E-state index in [1.54, 1.807) is 19.2 Å². The zero-order valence-electron chi connectivity index (χ0n) is 15.8. The molecular weight excluding hydrogens is 414 g/mol. The lowest BCUT2D eigenvalue weighted by atomic mass is 10.2. The van der Waals surface area contributed by atoms with Gasteiger partial charge in [-0.15, -0.1) is 0 Å². The van der Waals surface area contributed by atoms with E-state index in [-0.39, 0.29) is 30.0 Å². The Morgan fingerprint density at radius 3 is 2.59 bits per heavy atom. The average molecular weight is 434 g/mol. The van der Waals surface area contributed by atoms with Crippen molar-refractivity contribution in [1.29, 1.82) is 0 Å². The molecule has 0 bridgehead atoms. The highest BCUT2D eigenvalue weighted by Gasteiger charge is 2.38. The predicted molar refractivity (Wildman–Crippen MR) is 110 cm³/mol. The van der Waals surface area contributed by atoms with E-state index < -0.39 is 10.0 Å². The topological polar surface area (TPSA) is 97.8 Å². The van der Waals surface area contributed by atoms with Gasteiger partial charge in [-0.2, -0.15) is 9.29 Å². The number of methoxy groups -OCH3 is 1. The molecule has 1 N–H and O–H groups in total. The van der Waals surface area contributed by atoms with Gasteiger partial charge in [-0.25, -0.2) is 8.42 Å². The van der Waals surface area contributed by atoms with Crippen LogP contribution in [0.15, 0.2) is 47.4 Å². The number of thiazole rings is 1. The van der Waals surface area contributed by atoms with Crippen LogP contribution in [0, 0.1) is 0 Å². The minimum absolute atomic E-state index is 0.176. The SMILES string of the molecule is COc1cccc2sc(OC3CN(S(=O)(=O)c4ccc(NC(C)=O)cc4)C3)nc12. The lowest BCUT2D eigenvalue weighted by Crippen LogP contribution is -2.55. The third-order valence-electron chi connectivity index (χ3n) is 4.48. The Morgan fingerprint density at radius 2 is 1.93 bits per heavy atom. The molecule has 3 aromatic rings. The third kappa shape index (κ3) is 3.91. The minimum Gasteiger partial charge on any atom is -0.494 e. The standard InChI is InChI=1S/C19H19N3O5S2/c1-12(23)20-13-6-8-15(9-7-13)29(24,25)22-10-14(11-22)27-19-21-18-16(26-2)4-3-5-17(18)28-19/h3-9,14H,10-11H2,1-2H3,(H,20,23). The maximum absolute atomic E-state index is 12.7. The minimum atomic E-state index is -3.60. The van der Waals surface area contributed by atoms with E-state index in [0.29, 0.717) is 16.6 Å². The number of fused-ring (bicyclic) bond motifs is 1. The Balaban J connectivity index is 1.41. The van der Waals surface area contributed by atoms with Crippen LogP contribution in [0.1, 0.15) is 6.92 Å². The first-order valence-corrected chi connectivity index (χ1v) is 11.1. The normalized spacial score (nSPS) is 15.1. The average Bonchev–Trinajstić information content (AvgIpc) is 3.06. The van der Waals surface area contributed by atoms with Gasteiger partial charge in [-0.1, -0.05) is 17.4 Å². The van der Waals surface area contributed by atoms with Gasteiger partial charge in [0.15, 0.2) is 0 Å². The predicted octanol–water partition coefficient (Wildman–Crippen LogP) is 2.72. The summed E-state index contributed by atoms with van der Waals surface area (Å²) in [6.07, 6.45) is -0.255. The second kappa shape index (κ2) is 7.62. The van der Waals surface area contributed by atoms with Crippen LogP contribution in [-0.4, -0.2) is 49.9 Å². The lowest BCUT2D eigenvalue weighted by Gasteiger charge is -2.37. The summed E-state index contributed by atoms with van der Waals surface area (Å²) in [4.78, 5) is 15.7. The second-order valence-electron chi connectivity index (χ2n) is 6.55. The number of rotatable bonds is 6. The van der Waals surface area contributed by atoms with Crippen LogP contribution in [0.2, 0.25) is 0 Å². The fraction of sp³-hybridized carbons (Fsp3) is 0.263. The third-order valence-corrected chi connectivity index (χ3v) is 7.23. The van der Waals surface area contributed by atoms with Crippen LogP contribution in [0.25, 0.3) is 10.2 Å². The smallest absolute Gasteiger partial charge is 0.274 e. The number of hydrogen-bond donors (Lipinski definition) is 1. The molecule has 1 fully saturated rings. The van der Waals surface area contributed by atoms with E-state index in [1.165, 1.54) is 34.7 Å². The van der Waals surface area contributed by atoms with Crippen LogP contribution in [0.3, 0.4) is 0 Å². The molecule has 2 heterocycles.